The van der Waals surface area contributed by atoms with Crippen LogP contribution in [0.25, 0.3) is 21.2 Å². The smallest absolute Gasteiger partial charge is 0.407 e. The van der Waals surface area contributed by atoms with Crippen molar-refractivity contribution < 1.29 is 81.2 Å². The molecule has 0 radical (unpaired) electrons. The molecule has 27 heteroatoms. The largest absolute Gasteiger partial charge is 0.490 e. The molecule has 0 heterocycles. The van der Waals surface area contributed by atoms with Gasteiger partial charge in [-0.2, -0.15) is 0 Å². The van der Waals surface area contributed by atoms with Gasteiger partial charge in [0.05, 0.1) is 72.7 Å². The highest BCUT2D eigenvalue weighted by Crippen LogP contribution is 2.25. The molecule has 0 aliphatic rings. The summed E-state index contributed by atoms with van der Waals surface area (Å²) in [6.45, 7) is 5.52. The number of aliphatic hydroxyl groups excluding tert-OH is 1. The van der Waals surface area contributed by atoms with Crippen molar-refractivity contribution in [3.63, 3.8) is 0 Å². The summed E-state index contributed by atoms with van der Waals surface area (Å²) in [7, 11) is 0. The number of benzene rings is 3. The van der Waals surface area contributed by atoms with Gasteiger partial charge in [-0.3, -0.25) is 4.79 Å². The van der Waals surface area contributed by atoms with Crippen LogP contribution in [0, 0.1) is 0 Å². The molecule has 3 rings (SSSR count). The van der Waals surface area contributed by atoms with Gasteiger partial charge in [-0.1, -0.05) is 78.6 Å². The number of alkyl carbamates (subject to hydrolysis) is 4. The molecule has 456 valence electrons. The second kappa shape index (κ2) is 47.9. The number of ether oxygens (including phenoxy) is 11. The molecule has 0 spiro atoms. The predicted octanol–water partition coefficient (Wildman–Crippen LogP) is 5.89. The van der Waals surface area contributed by atoms with E-state index in [4.69, 9.17) is 69.2 Å². The first-order valence-corrected chi connectivity index (χ1v) is 27.9. The number of carbonyl (C=O) groups excluding carboxylic acids is 5. The Balaban J connectivity index is 1.09. The van der Waals surface area contributed by atoms with Crippen molar-refractivity contribution in [3.8, 4) is 5.75 Å². The van der Waals surface area contributed by atoms with Gasteiger partial charge in [-0.25, -0.2) is 19.2 Å². The lowest BCUT2D eigenvalue weighted by Gasteiger charge is -2.23. The molecule has 5 amide bonds. The number of azide groups is 1. The first kappa shape index (κ1) is 69.6. The van der Waals surface area contributed by atoms with E-state index >= 15 is 0 Å². The summed E-state index contributed by atoms with van der Waals surface area (Å²) in [4.78, 5) is 65.6. The van der Waals surface area contributed by atoms with E-state index < -0.39 is 30.5 Å². The predicted molar refractivity (Wildman–Crippen MR) is 304 cm³/mol. The fraction of sp³-hybridized carbons (Fsp3) is 0.582. The van der Waals surface area contributed by atoms with Gasteiger partial charge in [0.2, 0.25) is 5.91 Å². The van der Waals surface area contributed by atoms with E-state index in [9.17, 15) is 29.1 Å². The number of rotatable bonds is 48. The average Bonchev–Trinajstić information content (AvgIpc) is 3.48. The molecule has 0 bridgehead atoms. The summed E-state index contributed by atoms with van der Waals surface area (Å²) in [5.41, 5.74) is 9.96. The van der Waals surface area contributed by atoms with E-state index in [0.717, 1.165) is 42.0 Å². The Morgan fingerprint density at radius 1 is 0.585 bits per heavy atom. The van der Waals surface area contributed by atoms with E-state index in [1.807, 2.05) is 42.5 Å². The maximum Gasteiger partial charge on any atom is 0.407 e. The normalized spacial score (nSPS) is 11.3. The molecule has 3 aromatic rings. The number of halogens is 1. The summed E-state index contributed by atoms with van der Waals surface area (Å²) in [6.07, 6.45) is 4.06. The highest BCUT2D eigenvalue weighted by molar-refractivity contribution is 6.17. The first-order valence-electron chi connectivity index (χ1n) is 27.4. The van der Waals surface area contributed by atoms with Crippen molar-refractivity contribution in [2.75, 3.05) is 164 Å². The molecule has 0 aromatic heterocycles. The molecule has 6 N–H and O–H groups in total. The number of aliphatic hydroxyl groups is 1. The molecule has 0 aliphatic heterocycles. The number of alkyl halides is 1. The lowest BCUT2D eigenvalue weighted by molar-refractivity contribution is -0.131. The van der Waals surface area contributed by atoms with E-state index in [-0.39, 0.29) is 137 Å². The number of hydrogen-bond acceptors (Lipinski definition) is 19. The second-order valence-corrected chi connectivity index (χ2v) is 17.9. The first-order chi connectivity index (χ1) is 40.2. The van der Waals surface area contributed by atoms with E-state index in [2.05, 4.69) is 36.6 Å². The van der Waals surface area contributed by atoms with Gasteiger partial charge in [0.1, 0.15) is 44.9 Å². The zero-order chi connectivity index (χ0) is 58.8. The maximum atomic E-state index is 13.4. The molecule has 0 saturated heterocycles. The van der Waals surface area contributed by atoms with E-state index in [1.165, 1.54) is 12.2 Å². The number of nitrogens with one attached hydrogen (secondary N) is 5. The van der Waals surface area contributed by atoms with E-state index in [0.29, 0.717) is 56.8 Å². The van der Waals surface area contributed by atoms with Crippen LogP contribution in [-0.2, 0) is 58.7 Å². The van der Waals surface area contributed by atoms with Crippen LogP contribution < -0.4 is 31.3 Å². The molecule has 1 unspecified atom stereocenters. The molecule has 0 aliphatic carbocycles. The molecule has 1 atom stereocenters. The van der Waals surface area contributed by atoms with Gasteiger partial charge in [0.15, 0.2) is 0 Å². The van der Waals surface area contributed by atoms with Gasteiger partial charge < -0.3 is 88.7 Å². The SMILES string of the molecule is [N-]=[N+]=Nc1ccc(CN(CCNC(=O)OCCOCCOCCNC(=O)OC/C=C/COC(=O)NCCOCCOCCOC(=O)NCCOCCOCCCCCCCl)C(=O)CCNCC(O)COc2cccc3ccccc23)cc1. The summed E-state index contributed by atoms with van der Waals surface area (Å²) < 4.78 is 58.7. The Bertz CT molecular complexity index is 2280. The minimum absolute atomic E-state index is 0.0261. The fourth-order valence-electron chi connectivity index (χ4n) is 6.98. The third-order valence-corrected chi connectivity index (χ3v) is 11.4. The van der Waals surface area contributed by atoms with Gasteiger partial charge in [-0.05, 0) is 47.5 Å². The van der Waals surface area contributed by atoms with Gasteiger partial charge in [0, 0.05) is 87.3 Å². The van der Waals surface area contributed by atoms with Crippen molar-refractivity contribution >= 4 is 58.3 Å². The van der Waals surface area contributed by atoms with Gasteiger partial charge in [-0.15, -0.1) is 11.6 Å². The zero-order valence-electron chi connectivity index (χ0n) is 46.6. The Hall–Kier alpha value is -6.71. The number of nitrogens with zero attached hydrogens (tertiary/aromatic N) is 4. The standard InChI is InChI=1S/C55H82ClN9O17/c56-19-5-1-2-6-26-72-32-33-73-31-24-62-55(71)81-41-39-77-37-35-75-30-23-61-54(70)79-28-8-7-27-78-53(69)60-22-29-74-34-36-76-38-40-80-52(68)59-21-25-65(43-45-14-16-47(17-15-45)63-64-57)51(67)18-20-58-42-48(66)44-82-50-13-9-11-46-10-3-4-12-49(46)50/h3-4,7-17,48,58,66H,1-2,5-6,18-44H2,(H,59,68)(H,60,69)(H,61,70)(H,62,71)/b8-7+. The lowest BCUT2D eigenvalue weighted by atomic mass is 10.1. The van der Waals surface area contributed by atoms with E-state index in [1.54, 1.807) is 29.2 Å². The molecule has 0 saturated carbocycles. The Morgan fingerprint density at radius 3 is 1.68 bits per heavy atom. The van der Waals surface area contributed by atoms with Crippen molar-refractivity contribution in [3.05, 3.63) is 94.9 Å². The molecule has 26 nitrogen and oxygen atoms in total. The summed E-state index contributed by atoms with van der Waals surface area (Å²) in [5.74, 6) is 1.18. The maximum absolute atomic E-state index is 13.4. The lowest BCUT2D eigenvalue weighted by Crippen LogP contribution is -2.40. The fourth-order valence-corrected chi connectivity index (χ4v) is 7.17. The number of carbonyl (C=O) groups is 5. The van der Waals surface area contributed by atoms with Crippen molar-refractivity contribution in [1.82, 2.24) is 31.5 Å². The van der Waals surface area contributed by atoms with Crippen LogP contribution in [0.3, 0.4) is 0 Å². The van der Waals surface area contributed by atoms with Crippen LogP contribution in [0.5, 0.6) is 5.75 Å². The minimum Gasteiger partial charge on any atom is -0.490 e. The van der Waals surface area contributed by atoms with Gasteiger partial charge in [0.25, 0.3) is 0 Å². The van der Waals surface area contributed by atoms with Gasteiger partial charge >= 0.3 is 24.4 Å². The molecule has 0 fully saturated rings. The van der Waals surface area contributed by atoms with Crippen LogP contribution >= 0.6 is 11.6 Å². The monoisotopic (exact) mass is 1180 g/mol. The summed E-state index contributed by atoms with van der Waals surface area (Å²) in [6, 6.07) is 20.4. The number of fused-ring (bicyclic) bond motifs is 1. The Kier molecular flexibility index (Phi) is 40.6. The Labute approximate surface area is 484 Å². The number of amides is 5. The van der Waals surface area contributed by atoms with Crippen molar-refractivity contribution in [1.29, 1.82) is 0 Å². The van der Waals surface area contributed by atoms with Crippen molar-refractivity contribution in [2.45, 2.75) is 44.8 Å². The molecular weight excluding hydrogens is 1090 g/mol. The topological polar surface area (TPSA) is 319 Å². The van der Waals surface area contributed by atoms with Crippen LogP contribution in [0.4, 0.5) is 24.9 Å². The zero-order valence-corrected chi connectivity index (χ0v) is 47.4. The quantitative estimate of drug-likeness (QED) is 0.00730. The molecule has 82 heavy (non-hydrogen) atoms. The highest BCUT2D eigenvalue weighted by Gasteiger charge is 2.16. The highest BCUT2D eigenvalue weighted by atomic mass is 35.5. The van der Waals surface area contributed by atoms with Crippen LogP contribution in [0.15, 0.2) is 84.0 Å². The second-order valence-electron chi connectivity index (χ2n) is 17.5. The third-order valence-electron chi connectivity index (χ3n) is 11.1. The third kappa shape index (κ3) is 36.6. The van der Waals surface area contributed by atoms with Crippen LogP contribution in [0.2, 0.25) is 0 Å². The molecule has 3 aromatic carbocycles. The number of unbranched alkanes of at least 4 members (excludes halogenated alkanes) is 3. The summed E-state index contributed by atoms with van der Waals surface area (Å²) >= 11 is 5.66. The summed E-state index contributed by atoms with van der Waals surface area (Å²) in [5, 5.41) is 29.5. The Morgan fingerprint density at radius 2 is 1.10 bits per heavy atom. The van der Waals surface area contributed by atoms with Crippen molar-refractivity contribution in [2.24, 2.45) is 5.11 Å². The van der Waals surface area contributed by atoms with Crippen LogP contribution in [0.1, 0.15) is 37.7 Å². The molecular formula is C55H82ClN9O17. The average molecular weight is 1180 g/mol. The minimum atomic E-state index is -0.813. The number of hydrogen-bond donors (Lipinski definition) is 6. The van der Waals surface area contributed by atoms with Crippen LogP contribution in [-0.4, -0.2) is 210 Å².